The lowest BCUT2D eigenvalue weighted by Gasteiger charge is -2.18. The van der Waals surface area contributed by atoms with Crippen LogP contribution in [0.5, 0.6) is 0 Å². The van der Waals surface area contributed by atoms with E-state index < -0.39 is 6.04 Å². The summed E-state index contributed by atoms with van der Waals surface area (Å²) in [5, 5.41) is 8.99. The van der Waals surface area contributed by atoms with Crippen LogP contribution in [-0.2, 0) is 11.3 Å². The first-order valence-corrected chi connectivity index (χ1v) is 9.12. The second-order valence-electron chi connectivity index (χ2n) is 5.94. The zero-order chi connectivity index (χ0) is 18.8. The molecule has 0 spiro atoms. The Kier molecular flexibility index (Phi) is 4.55. The fourth-order valence-corrected chi connectivity index (χ4v) is 3.65. The third-order valence-corrected chi connectivity index (χ3v) is 5.06. The first-order valence-electron chi connectivity index (χ1n) is 8.24. The van der Waals surface area contributed by atoms with Crippen LogP contribution in [0.15, 0.2) is 71.0 Å². The topological polar surface area (TPSA) is 68.4 Å². The summed E-state index contributed by atoms with van der Waals surface area (Å²) in [4.78, 5) is 25.8. The number of carbonyl (C=O) groups excluding carboxylic acids is 1. The molecule has 1 atom stereocenters. The number of halogens is 1. The third-order valence-electron chi connectivity index (χ3n) is 4.12. The Morgan fingerprint density at radius 2 is 1.96 bits per heavy atom. The summed E-state index contributed by atoms with van der Waals surface area (Å²) in [5.74, 6) is -0.700. The molecule has 0 fully saturated rings. The number of rotatable bonds is 5. The molecule has 0 saturated carbocycles. The van der Waals surface area contributed by atoms with Crippen LogP contribution in [0.1, 0.15) is 16.5 Å². The summed E-state index contributed by atoms with van der Waals surface area (Å²) >= 11 is 1.49. The van der Waals surface area contributed by atoms with Gasteiger partial charge in [0.2, 0.25) is 5.91 Å². The minimum atomic E-state index is -0.425. The quantitative estimate of drug-likeness (QED) is 0.577. The first-order chi connectivity index (χ1) is 13.1. The minimum absolute atomic E-state index is 0.205. The van der Waals surface area contributed by atoms with E-state index in [4.69, 9.17) is 0 Å². The number of hydrogen-bond acceptors (Lipinski definition) is 4. The molecule has 1 N–H and O–H groups in total. The van der Waals surface area contributed by atoms with Crippen molar-refractivity contribution in [2.45, 2.75) is 12.6 Å². The molecule has 6 nitrogen and oxygen atoms in total. The number of thiophene rings is 1. The Bertz CT molecular complexity index is 1130. The molecule has 0 radical (unpaired) electrons. The van der Waals surface area contributed by atoms with E-state index in [0.29, 0.717) is 5.65 Å². The van der Waals surface area contributed by atoms with Gasteiger partial charge in [-0.15, -0.1) is 16.4 Å². The Morgan fingerprint density at radius 3 is 2.67 bits per heavy atom. The van der Waals surface area contributed by atoms with E-state index in [1.165, 1.54) is 27.9 Å². The SMILES string of the molecule is O=C(Cn1nc2ccccn2c1=O)NC(c1ccc(F)cc1)c1cccs1. The summed E-state index contributed by atoms with van der Waals surface area (Å²) in [5.41, 5.74) is 0.855. The van der Waals surface area contributed by atoms with Crippen LogP contribution in [0.25, 0.3) is 5.65 Å². The van der Waals surface area contributed by atoms with Crippen LogP contribution in [0.3, 0.4) is 0 Å². The number of benzene rings is 1. The summed E-state index contributed by atoms with van der Waals surface area (Å²) in [7, 11) is 0. The van der Waals surface area contributed by atoms with E-state index in [9.17, 15) is 14.0 Å². The van der Waals surface area contributed by atoms with Crippen molar-refractivity contribution >= 4 is 22.9 Å². The van der Waals surface area contributed by atoms with Crippen molar-refractivity contribution in [2.24, 2.45) is 0 Å². The van der Waals surface area contributed by atoms with Crippen LogP contribution < -0.4 is 11.0 Å². The molecule has 1 unspecified atom stereocenters. The Morgan fingerprint density at radius 1 is 1.15 bits per heavy atom. The van der Waals surface area contributed by atoms with Gasteiger partial charge in [0.15, 0.2) is 5.65 Å². The van der Waals surface area contributed by atoms with Gasteiger partial charge in [-0.2, -0.15) is 0 Å². The minimum Gasteiger partial charge on any atom is -0.343 e. The fourth-order valence-electron chi connectivity index (χ4n) is 2.84. The van der Waals surface area contributed by atoms with Crippen LogP contribution in [0, 0.1) is 5.82 Å². The summed E-state index contributed by atoms with van der Waals surface area (Å²) in [6.07, 6.45) is 1.60. The number of nitrogens with one attached hydrogen (secondary N) is 1. The molecule has 4 aromatic rings. The van der Waals surface area contributed by atoms with Crippen molar-refractivity contribution in [3.8, 4) is 0 Å². The van der Waals surface area contributed by atoms with Gasteiger partial charge in [0.05, 0.1) is 6.04 Å². The maximum atomic E-state index is 13.3. The molecule has 0 saturated heterocycles. The van der Waals surface area contributed by atoms with E-state index in [1.807, 2.05) is 17.5 Å². The predicted octanol–water partition coefficient (Wildman–Crippen LogP) is 2.60. The smallest absolute Gasteiger partial charge is 0.343 e. The molecular weight excluding hydrogens is 367 g/mol. The summed E-state index contributed by atoms with van der Waals surface area (Å²) in [6.45, 7) is -0.205. The highest BCUT2D eigenvalue weighted by molar-refractivity contribution is 7.10. The molecular formula is C19H15FN4O2S. The normalized spacial score (nSPS) is 12.2. The lowest BCUT2D eigenvalue weighted by molar-refractivity contribution is -0.122. The molecule has 0 aliphatic rings. The molecule has 8 heteroatoms. The van der Waals surface area contributed by atoms with Gasteiger partial charge in [0.1, 0.15) is 12.4 Å². The van der Waals surface area contributed by atoms with E-state index >= 15 is 0 Å². The average Bonchev–Trinajstić information content (AvgIpc) is 3.30. The van der Waals surface area contributed by atoms with Crippen molar-refractivity contribution in [2.75, 3.05) is 0 Å². The summed E-state index contributed by atoms with van der Waals surface area (Å²) < 4.78 is 15.8. The highest BCUT2D eigenvalue weighted by atomic mass is 32.1. The fraction of sp³-hybridized carbons (Fsp3) is 0.105. The number of fused-ring (bicyclic) bond motifs is 1. The van der Waals surface area contributed by atoms with Crippen molar-refractivity contribution in [3.63, 3.8) is 0 Å². The summed E-state index contributed by atoms with van der Waals surface area (Å²) in [6, 6.07) is 14.5. The molecule has 0 aliphatic carbocycles. The Labute approximate surface area is 157 Å². The van der Waals surface area contributed by atoms with Crippen LogP contribution in [0.4, 0.5) is 4.39 Å². The van der Waals surface area contributed by atoms with Gasteiger partial charge in [-0.25, -0.2) is 13.9 Å². The first kappa shape index (κ1) is 17.2. The number of hydrogen-bond donors (Lipinski definition) is 1. The van der Waals surface area contributed by atoms with Gasteiger partial charge in [-0.05, 0) is 41.3 Å². The molecule has 27 heavy (non-hydrogen) atoms. The van der Waals surface area contributed by atoms with Gasteiger partial charge >= 0.3 is 5.69 Å². The maximum absolute atomic E-state index is 13.3. The average molecular weight is 382 g/mol. The number of pyridine rings is 1. The lowest BCUT2D eigenvalue weighted by atomic mass is 10.1. The van der Waals surface area contributed by atoms with Crippen molar-refractivity contribution in [3.05, 3.63) is 92.9 Å². The number of nitrogens with zero attached hydrogens (tertiary/aromatic N) is 3. The lowest BCUT2D eigenvalue weighted by Crippen LogP contribution is -2.35. The highest BCUT2D eigenvalue weighted by Gasteiger charge is 2.19. The van der Waals surface area contributed by atoms with Gasteiger partial charge in [-0.3, -0.25) is 9.20 Å². The number of amides is 1. The van der Waals surface area contributed by atoms with Gasteiger partial charge in [-0.1, -0.05) is 24.3 Å². The highest BCUT2D eigenvalue weighted by Crippen LogP contribution is 2.26. The third kappa shape index (κ3) is 3.52. The molecule has 3 heterocycles. The zero-order valence-corrected chi connectivity index (χ0v) is 14.9. The molecule has 1 amide bonds. The van der Waals surface area contributed by atoms with E-state index in [0.717, 1.165) is 15.1 Å². The zero-order valence-electron chi connectivity index (χ0n) is 14.1. The van der Waals surface area contributed by atoms with Crippen molar-refractivity contribution in [1.82, 2.24) is 19.5 Å². The number of aromatic nitrogens is 3. The van der Waals surface area contributed by atoms with Crippen LogP contribution >= 0.6 is 11.3 Å². The molecule has 3 aromatic heterocycles. The van der Waals surface area contributed by atoms with Gasteiger partial charge in [0, 0.05) is 11.1 Å². The Balaban J connectivity index is 1.59. The van der Waals surface area contributed by atoms with Crippen LogP contribution in [0.2, 0.25) is 0 Å². The van der Waals surface area contributed by atoms with E-state index in [-0.39, 0.29) is 24.0 Å². The second-order valence-corrected chi connectivity index (χ2v) is 6.92. The van der Waals surface area contributed by atoms with Crippen LogP contribution in [-0.4, -0.2) is 20.1 Å². The molecule has 4 rings (SSSR count). The van der Waals surface area contributed by atoms with E-state index in [1.54, 1.807) is 36.5 Å². The molecule has 1 aromatic carbocycles. The Hall–Kier alpha value is -3.26. The monoisotopic (exact) mass is 382 g/mol. The predicted molar refractivity (Wildman–Crippen MR) is 100 cm³/mol. The van der Waals surface area contributed by atoms with Gasteiger partial charge < -0.3 is 5.32 Å². The maximum Gasteiger partial charge on any atom is 0.350 e. The van der Waals surface area contributed by atoms with Crippen molar-refractivity contribution < 1.29 is 9.18 Å². The standard InChI is InChI=1S/C19H15FN4O2S/c20-14-8-6-13(7-9-14)18(15-4-3-11-27-15)21-17(25)12-24-19(26)23-10-2-1-5-16(23)22-24/h1-11,18H,12H2,(H,21,25). The number of carbonyl (C=O) groups is 1. The molecule has 0 bridgehead atoms. The molecule has 136 valence electrons. The van der Waals surface area contributed by atoms with E-state index in [2.05, 4.69) is 10.4 Å². The van der Waals surface area contributed by atoms with Gasteiger partial charge in [0.25, 0.3) is 0 Å². The second kappa shape index (κ2) is 7.16. The largest absolute Gasteiger partial charge is 0.350 e. The van der Waals surface area contributed by atoms with Crippen molar-refractivity contribution in [1.29, 1.82) is 0 Å². The molecule has 0 aliphatic heterocycles.